The predicted molar refractivity (Wildman–Crippen MR) is 151 cm³/mol. The number of nitrogens with zero attached hydrogens (tertiary/aromatic N) is 3. The number of pyridine rings is 1. The second-order valence-electron chi connectivity index (χ2n) is 9.58. The summed E-state index contributed by atoms with van der Waals surface area (Å²) in [6.07, 6.45) is 5.66. The van der Waals surface area contributed by atoms with Gasteiger partial charge in [-0.15, -0.1) is 0 Å². The number of nitrogens with two attached hydrogens (primary N) is 1. The minimum atomic E-state index is -0.0136. The number of piperazine rings is 1. The first-order valence-corrected chi connectivity index (χ1v) is 13.0. The highest BCUT2D eigenvalue weighted by Gasteiger charge is 2.20. The number of ketones is 1. The smallest absolute Gasteiger partial charge is 0.253 e. The number of allylic oxidation sites excluding steroid dienone is 1. The molecule has 2 N–H and O–H groups in total. The average Bonchev–Trinajstić information content (AvgIpc) is 3.35. The summed E-state index contributed by atoms with van der Waals surface area (Å²) in [6.45, 7) is 3.27. The van der Waals surface area contributed by atoms with Crippen LogP contribution in [0.4, 0.5) is 5.82 Å². The highest BCUT2D eigenvalue weighted by atomic mass is 35.5. The van der Waals surface area contributed by atoms with Crippen LogP contribution in [-0.2, 0) is 11.2 Å². The van der Waals surface area contributed by atoms with Crippen LogP contribution in [0, 0.1) is 0 Å². The van der Waals surface area contributed by atoms with Crippen LogP contribution < -0.4 is 5.73 Å². The fraction of sp³-hybridized carbons (Fsp3) is 0.233. The summed E-state index contributed by atoms with van der Waals surface area (Å²) in [5.41, 5.74) is 9.58. The molecule has 1 amide bonds. The van der Waals surface area contributed by atoms with Gasteiger partial charge in [0.1, 0.15) is 11.6 Å². The molecule has 7 nitrogen and oxygen atoms in total. The first kappa shape index (κ1) is 25.7. The Morgan fingerprint density at radius 1 is 1.03 bits per heavy atom. The number of halogens is 1. The number of likely N-dealkylation sites (N-methyl/N-ethyl adjacent to an activating group) is 1. The molecule has 0 radical (unpaired) electrons. The third-order valence-electron chi connectivity index (χ3n) is 6.77. The Balaban J connectivity index is 1.25. The van der Waals surface area contributed by atoms with Crippen LogP contribution in [0.25, 0.3) is 28.2 Å². The van der Waals surface area contributed by atoms with Crippen LogP contribution >= 0.6 is 11.6 Å². The molecule has 1 aliphatic rings. The van der Waals surface area contributed by atoms with E-state index in [0.29, 0.717) is 40.6 Å². The van der Waals surface area contributed by atoms with E-state index in [1.165, 1.54) is 0 Å². The zero-order valence-electron chi connectivity index (χ0n) is 21.2. The normalized spacial score (nSPS) is 14.4. The van der Waals surface area contributed by atoms with Gasteiger partial charge < -0.3 is 20.0 Å². The molecule has 8 heteroatoms. The van der Waals surface area contributed by atoms with Crippen molar-refractivity contribution in [2.45, 2.75) is 12.8 Å². The molecule has 5 rings (SSSR count). The monoisotopic (exact) mass is 528 g/mol. The number of amides is 1. The molecule has 0 bridgehead atoms. The van der Waals surface area contributed by atoms with Gasteiger partial charge in [-0.1, -0.05) is 23.7 Å². The number of anilines is 1. The number of hydrogen-bond acceptors (Lipinski definition) is 6. The lowest BCUT2D eigenvalue weighted by Gasteiger charge is -2.32. The lowest BCUT2D eigenvalue weighted by atomic mass is 10.0. The van der Waals surface area contributed by atoms with Gasteiger partial charge in [-0.05, 0) is 78.4 Å². The van der Waals surface area contributed by atoms with Crippen molar-refractivity contribution in [3.05, 3.63) is 88.8 Å². The van der Waals surface area contributed by atoms with Gasteiger partial charge in [-0.3, -0.25) is 9.59 Å². The Morgan fingerprint density at radius 2 is 1.79 bits per heavy atom. The SMILES string of the molecule is CN1CCN(C(=O)c2ccc(-c3cc(Cl)c4oc(CCC(=O)/C=C/c5ccc(N)nc5)cc4c3)cc2)CC1. The Morgan fingerprint density at radius 3 is 2.50 bits per heavy atom. The zero-order valence-corrected chi connectivity index (χ0v) is 21.9. The van der Waals surface area contributed by atoms with Crippen molar-refractivity contribution in [2.24, 2.45) is 0 Å². The fourth-order valence-corrected chi connectivity index (χ4v) is 4.75. The van der Waals surface area contributed by atoms with Gasteiger partial charge in [-0.25, -0.2) is 4.98 Å². The second-order valence-corrected chi connectivity index (χ2v) is 9.99. The summed E-state index contributed by atoms with van der Waals surface area (Å²) < 4.78 is 5.96. The highest BCUT2D eigenvalue weighted by Crippen LogP contribution is 2.33. The van der Waals surface area contributed by atoms with Gasteiger partial charge in [0, 0.05) is 56.2 Å². The van der Waals surface area contributed by atoms with Crippen molar-refractivity contribution in [3.8, 4) is 11.1 Å². The van der Waals surface area contributed by atoms with E-state index >= 15 is 0 Å². The van der Waals surface area contributed by atoms with Crippen LogP contribution in [0.2, 0.25) is 5.02 Å². The van der Waals surface area contributed by atoms with Crippen molar-refractivity contribution in [2.75, 3.05) is 39.0 Å². The van der Waals surface area contributed by atoms with Gasteiger partial charge in [-0.2, -0.15) is 0 Å². The number of fused-ring (bicyclic) bond motifs is 1. The predicted octanol–water partition coefficient (Wildman–Crippen LogP) is 5.33. The molecule has 1 aliphatic heterocycles. The molecule has 2 aromatic heterocycles. The molecule has 2 aromatic carbocycles. The van der Waals surface area contributed by atoms with E-state index in [1.54, 1.807) is 24.4 Å². The van der Waals surface area contributed by atoms with E-state index in [1.807, 2.05) is 53.4 Å². The minimum Gasteiger partial charge on any atom is -0.459 e. The number of carbonyl (C=O) groups is 2. The third kappa shape index (κ3) is 5.96. The molecule has 0 atom stereocenters. The standard InChI is InChI=1S/C30H29ClN4O3/c1-34-12-14-35(15-13-34)30(37)22-6-4-21(5-7-22)23-16-24-17-26(38-29(24)27(31)18-23)10-9-25(36)8-2-20-3-11-28(32)33-19-20/h2-8,11,16-19H,9-10,12-15H2,1H3,(H2,32,33)/b8-2+. The lowest BCUT2D eigenvalue weighted by Crippen LogP contribution is -2.47. The summed E-state index contributed by atoms with van der Waals surface area (Å²) in [7, 11) is 2.07. The molecule has 0 unspecified atom stereocenters. The summed E-state index contributed by atoms with van der Waals surface area (Å²) in [6, 6.07) is 16.9. The van der Waals surface area contributed by atoms with Gasteiger partial charge in [0.05, 0.1) is 5.02 Å². The van der Waals surface area contributed by atoms with Crippen LogP contribution in [0.3, 0.4) is 0 Å². The van der Waals surface area contributed by atoms with Crippen LogP contribution in [0.15, 0.2) is 71.3 Å². The number of carbonyl (C=O) groups excluding carboxylic acids is 2. The molecule has 0 aliphatic carbocycles. The first-order valence-electron chi connectivity index (χ1n) is 12.6. The maximum absolute atomic E-state index is 12.9. The summed E-state index contributed by atoms with van der Waals surface area (Å²) in [5.74, 6) is 1.18. The Hall–Kier alpha value is -3.94. The molecule has 1 saturated heterocycles. The molecule has 38 heavy (non-hydrogen) atoms. The van der Waals surface area contributed by atoms with Crippen molar-refractivity contribution in [1.29, 1.82) is 0 Å². The minimum absolute atomic E-state index is 0.0136. The maximum Gasteiger partial charge on any atom is 0.253 e. The summed E-state index contributed by atoms with van der Waals surface area (Å²) in [5, 5.41) is 1.37. The molecule has 194 valence electrons. The van der Waals surface area contributed by atoms with Gasteiger partial charge in [0.2, 0.25) is 0 Å². The lowest BCUT2D eigenvalue weighted by molar-refractivity contribution is -0.114. The number of benzene rings is 2. The number of hydrogen-bond donors (Lipinski definition) is 1. The number of aromatic nitrogens is 1. The van der Waals surface area contributed by atoms with Crippen LogP contribution in [-0.4, -0.2) is 59.7 Å². The van der Waals surface area contributed by atoms with E-state index in [2.05, 4.69) is 16.9 Å². The molecule has 1 fully saturated rings. The Bertz CT molecular complexity index is 1480. The molecular formula is C30H29ClN4O3. The first-order chi connectivity index (χ1) is 18.4. The van der Waals surface area contributed by atoms with Crippen LogP contribution in [0.5, 0.6) is 0 Å². The van der Waals surface area contributed by atoms with Gasteiger partial charge in [0.25, 0.3) is 5.91 Å². The van der Waals surface area contributed by atoms with Crippen molar-refractivity contribution >= 4 is 46.2 Å². The fourth-order valence-electron chi connectivity index (χ4n) is 4.49. The second kappa shape index (κ2) is 11.2. The van der Waals surface area contributed by atoms with Crippen LogP contribution in [0.1, 0.15) is 28.1 Å². The Labute approximate surface area is 226 Å². The highest BCUT2D eigenvalue weighted by molar-refractivity contribution is 6.35. The van der Waals surface area contributed by atoms with Crippen molar-refractivity contribution in [3.63, 3.8) is 0 Å². The molecular weight excluding hydrogens is 500 g/mol. The quantitative estimate of drug-likeness (QED) is 0.326. The molecule has 3 heterocycles. The topological polar surface area (TPSA) is 92.7 Å². The largest absolute Gasteiger partial charge is 0.459 e. The zero-order chi connectivity index (χ0) is 26.6. The number of rotatable bonds is 7. The van der Waals surface area contributed by atoms with E-state index in [9.17, 15) is 9.59 Å². The van der Waals surface area contributed by atoms with E-state index < -0.39 is 0 Å². The molecule has 4 aromatic rings. The van der Waals surface area contributed by atoms with Crippen molar-refractivity contribution in [1.82, 2.24) is 14.8 Å². The van der Waals surface area contributed by atoms with Crippen molar-refractivity contribution < 1.29 is 14.0 Å². The van der Waals surface area contributed by atoms with E-state index in [-0.39, 0.29) is 11.7 Å². The molecule has 0 spiro atoms. The maximum atomic E-state index is 12.9. The average molecular weight is 529 g/mol. The van der Waals surface area contributed by atoms with E-state index in [4.69, 9.17) is 21.8 Å². The molecule has 0 saturated carbocycles. The number of nitrogen functional groups attached to an aromatic ring is 1. The van der Waals surface area contributed by atoms with Gasteiger partial charge >= 0.3 is 0 Å². The summed E-state index contributed by atoms with van der Waals surface area (Å²) >= 11 is 6.56. The third-order valence-corrected chi connectivity index (χ3v) is 7.05. The van der Waals surface area contributed by atoms with Gasteiger partial charge in [0.15, 0.2) is 11.4 Å². The Kier molecular flexibility index (Phi) is 7.58. The number of furan rings is 1. The number of aryl methyl sites for hydroxylation is 1. The summed E-state index contributed by atoms with van der Waals surface area (Å²) in [4.78, 5) is 33.3. The van der Waals surface area contributed by atoms with E-state index in [0.717, 1.165) is 48.3 Å².